The Morgan fingerprint density at radius 1 is 1.36 bits per heavy atom. The summed E-state index contributed by atoms with van der Waals surface area (Å²) in [5, 5.41) is 6.60. The van der Waals surface area contributed by atoms with Crippen LogP contribution in [0.15, 0.2) is 23.3 Å². The molecule has 0 aromatic carbocycles. The summed E-state index contributed by atoms with van der Waals surface area (Å²) >= 11 is 0. The number of nitrogens with zero attached hydrogens (tertiary/aromatic N) is 4. The molecule has 0 saturated heterocycles. The summed E-state index contributed by atoms with van der Waals surface area (Å²) < 4.78 is 4.57. The summed E-state index contributed by atoms with van der Waals surface area (Å²) in [7, 11) is 0. The van der Waals surface area contributed by atoms with Gasteiger partial charge < -0.3 is 15.6 Å². The maximum atomic E-state index is 5.47. The van der Waals surface area contributed by atoms with Gasteiger partial charge in [-0.25, -0.2) is 9.97 Å². The Hall–Kier alpha value is -2.18. The molecule has 0 fully saturated rings. The molecule has 2 aromatic rings. The predicted octanol–water partition coefficient (Wildman–Crippen LogP) is 0.0539. The van der Waals surface area contributed by atoms with Crippen LogP contribution in [0.25, 0.3) is 0 Å². The highest BCUT2D eigenvalue weighted by Gasteiger charge is 1.99. The van der Waals surface area contributed by atoms with Crippen molar-refractivity contribution in [2.75, 3.05) is 11.1 Å². The fourth-order valence-electron chi connectivity index (χ4n) is 0.909. The number of nitrogen functional groups attached to an aromatic ring is 1. The Morgan fingerprint density at radius 2 is 2.29 bits per heavy atom. The van der Waals surface area contributed by atoms with Crippen LogP contribution < -0.4 is 11.1 Å². The highest BCUT2D eigenvalue weighted by molar-refractivity contribution is 5.43. The van der Waals surface area contributed by atoms with Gasteiger partial charge in [0.1, 0.15) is 18.0 Å². The molecule has 0 spiro atoms. The van der Waals surface area contributed by atoms with E-state index in [0.717, 1.165) is 0 Å². The van der Waals surface area contributed by atoms with E-state index in [1.54, 1.807) is 6.07 Å². The minimum Gasteiger partial charge on any atom is -0.384 e. The lowest BCUT2D eigenvalue weighted by atomic mass is 10.5. The number of aromatic nitrogens is 4. The summed E-state index contributed by atoms with van der Waals surface area (Å²) in [6, 6.07) is 1.63. The molecule has 2 aromatic heterocycles. The number of nitrogens with two attached hydrogens (primary N) is 1. The van der Waals surface area contributed by atoms with Gasteiger partial charge in [-0.2, -0.15) is 4.98 Å². The average Bonchev–Trinajstić information content (AvgIpc) is 2.67. The zero-order chi connectivity index (χ0) is 9.80. The molecule has 3 N–H and O–H groups in total. The van der Waals surface area contributed by atoms with Crippen LogP contribution in [0.4, 0.5) is 11.6 Å². The molecule has 0 atom stereocenters. The van der Waals surface area contributed by atoms with Crippen molar-refractivity contribution in [3.63, 3.8) is 0 Å². The summed E-state index contributed by atoms with van der Waals surface area (Å²) in [4.78, 5) is 11.6. The molecule has 7 nitrogen and oxygen atoms in total. The van der Waals surface area contributed by atoms with Gasteiger partial charge in [0.25, 0.3) is 0 Å². The average molecular weight is 192 g/mol. The third kappa shape index (κ3) is 1.94. The molecular formula is C7H8N6O. The van der Waals surface area contributed by atoms with Gasteiger partial charge in [0.15, 0.2) is 5.82 Å². The minimum absolute atomic E-state index is 0.413. The van der Waals surface area contributed by atoms with Gasteiger partial charge in [0.2, 0.25) is 6.39 Å². The first-order valence-electron chi connectivity index (χ1n) is 3.91. The van der Waals surface area contributed by atoms with E-state index in [-0.39, 0.29) is 0 Å². The van der Waals surface area contributed by atoms with Gasteiger partial charge >= 0.3 is 0 Å². The Morgan fingerprint density at radius 3 is 3.00 bits per heavy atom. The predicted molar refractivity (Wildman–Crippen MR) is 48.1 cm³/mol. The maximum absolute atomic E-state index is 5.47. The summed E-state index contributed by atoms with van der Waals surface area (Å²) in [6.07, 6.45) is 2.65. The van der Waals surface area contributed by atoms with Crippen molar-refractivity contribution in [3.8, 4) is 0 Å². The highest BCUT2D eigenvalue weighted by Crippen LogP contribution is 2.05. The second-order valence-electron chi connectivity index (χ2n) is 2.53. The first-order chi connectivity index (χ1) is 6.84. The van der Waals surface area contributed by atoms with Crippen LogP contribution in [0.2, 0.25) is 0 Å². The van der Waals surface area contributed by atoms with Crippen LogP contribution in [0, 0.1) is 0 Å². The van der Waals surface area contributed by atoms with E-state index in [9.17, 15) is 0 Å². The van der Waals surface area contributed by atoms with E-state index in [1.807, 2.05) is 0 Å². The quantitative estimate of drug-likeness (QED) is 0.708. The molecule has 72 valence electrons. The second kappa shape index (κ2) is 3.69. The number of anilines is 2. The molecule has 0 unspecified atom stereocenters. The monoisotopic (exact) mass is 192 g/mol. The largest absolute Gasteiger partial charge is 0.384 e. The summed E-state index contributed by atoms with van der Waals surface area (Å²) in [6.45, 7) is 0.437. The Balaban J connectivity index is 1.98. The molecule has 2 heterocycles. The lowest BCUT2D eigenvalue weighted by molar-refractivity contribution is 0.411. The van der Waals surface area contributed by atoms with Gasteiger partial charge in [-0.1, -0.05) is 5.16 Å². The number of nitrogens with one attached hydrogen (secondary N) is 1. The number of rotatable bonds is 3. The van der Waals surface area contributed by atoms with E-state index in [4.69, 9.17) is 5.73 Å². The summed E-state index contributed by atoms with van der Waals surface area (Å²) in [5.74, 6) is 1.60. The molecule has 14 heavy (non-hydrogen) atoms. The molecule has 0 radical (unpaired) electrons. The lowest BCUT2D eigenvalue weighted by Crippen LogP contribution is -2.04. The van der Waals surface area contributed by atoms with Crippen LogP contribution >= 0.6 is 0 Å². The van der Waals surface area contributed by atoms with Crippen molar-refractivity contribution in [1.29, 1.82) is 0 Å². The molecular weight excluding hydrogens is 184 g/mol. The molecule has 0 amide bonds. The van der Waals surface area contributed by atoms with Gasteiger partial charge in [0, 0.05) is 6.07 Å². The Kier molecular flexibility index (Phi) is 2.22. The first-order valence-corrected chi connectivity index (χ1v) is 3.91. The zero-order valence-corrected chi connectivity index (χ0v) is 7.21. The van der Waals surface area contributed by atoms with Gasteiger partial charge in [-0.05, 0) is 0 Å². The molecule has 0 bridgehead atoms. The maximum Gasteiger partial charge on any atom is 0.213 e. The fourth-order valence-corrected chi connectivity index (χ4v) is 0.909. The van der Waals surface area contributed by atoms with Crippen LogP contribution in [0.1, 0.15) is 5.82 Å². The number of hydrogen-bond donors (Lipinski definition) is 2. The van der Waals surface area contributed by atoms with Crippen LogP contribution in [-0.4, -0.2) is 20.1 Å². The van der Waals surface area contributed by atoms with Gasteiger partial charge in [-0.15, -0.1) is 0 Å². The zero-order valence-electron chi connectivity index (χ0n) is 7.21. The van der Waals surface area contributed by atoms with Crippen molar-refractivity contribution in [2.24, 2.45) is 0 Å². The van der Waals surface area contributed by atoms with Crippen molar-refractivity contribution >= 4 is 11.6 Å². The van der Waals surface area contributed by atoms with Gasteiger partial charge in [-0.3, -0.25) is 0 Å². The molecule has 0 aliphatic heterocycles. The van der Waals surface area contributed by atoms with E-state index in [1.165, 1.54) is 12.7 Å². The van der Waals surface area contributed by atoms with Crippen molar-refractivity contribution in [1.82, 2.24) is 20.1 Å². The normalized spacial score (nSPS) is 10.0. The van der Waals surface area contributed by atoms with Crippen molar-refractivity contribution in [3.05, 3.63) is 24.6 Å². The van der Waals surface area contributed by atoms with Crippen LogP contribution in [0.3, 0.4) is 0 Å². The van der Waals surface area contributed by atoms with Crippen molar-refractivity contribution in [2.45, 2.75) is 6.54 Å². The van der Waals surface area contributed by atoms with E-state index >= 15 is 0 Å². The van der Waals surface area contributed by atoms with Gasteiger partial charge in [0.05, 0.1) is 6.54 Å². The number of hydrogen-bond acceptors (Lipinski definition) is 7. The lowest BCUT2D eigenvalue weighted by Gasteiger charge is -2.01. The molecule has 2 rings (SSSR count). The van der Waals surface area contributed by atoms with Crippen LogP contribution in [0.5, 0.6) is 0 Å². The van der Waals surface area contributed by atoms with E-state index in [2.05, 4.69) is 29.9 Å². The minimum atomic E-state index is 0.413. The van der Waals surface area contributed by atoms with E-state index in [0.29, 0.717) is 24.0 Å². The molecule has 0 aliphatic rings. The third-order valence-corrected chi connectivity index (χ3v) is 1.52. The highest BCUT2D eigenvalue weighted by atomic mass is 16.5. The Bertz CT molecular complexity index is 400. The summed E-state index contributed by atoms with van der Waals surface area (Å²) in [5.41, 5.74) is 5.47. The fraction of sp³-hybridized carbons (Fsp3) is 0.143. The topological polar surface area (TPSA) is 103 Å². The standard InChI is InChI=1S/C7H8N6O/c8-5-1-6(11-3-10-5)9-2-7-12-4-14-13-7/h1,3-4H,2H2,(H3,8,9,10,11). The SMILES string of the molecule is Nc1cc(NCc2ncon2)ncn1. The first kappa shape index (κ1) is 8.42. The Labute approximate surface area is 79.4 Å². The molecule has 7 heteroatoms. The molecule has 0 aliphatic carbocycles. The van der Waals surface area contributed by atoms with E-state index < -0.39 is 0 Å². The smallest absolute Gasteiger partial charge is 0.213 e. The van der Waals surface area contributed by atoms with Crippen molar-refractivity contribution < 1.29 is 4.52 Å². The second-order valence-corrected chi connectivity index (χ2v) is 2.53. The van der Waals surface area contributed by atoms with Crippen LogP contribution in [-0.2, 0) is 6.54 Å². The third-order valence-electron chi connectivity index (χ3n) is 1.52. The molecule has 0 saturated carbocycles.